The largest absolute Gasteiger partial charge is 0.389 e. The number of β-amino-alcohol motifs (C(OH)–C–C–N with tert-alkyl or cyclic N) is 1. The van der Waals surface area contributed by atoms with Gasteiger partial charge in [0.05, 0.1) is 18.2 Å². The molecule has 1 aromatic heterocycles. The van der Waals surface area contributed by atoms with E-state index >= 15 is 0 Å². The summed E-state index contributed by atoms with van der Waals surface area (Å²) in [5, 5.41) is 10.7. The second-order valence-corrected chi connectivity index (χ2v) is 6.44. The molecule has 1 aliphatic rings. The number of halogens is 1. The summed E-state index contributed by atoms with van der Waals surface area (Å²) >= 11 is 0. The summed E-state index contributed by atoms with van der Waals surface area (Å²) in [4.78, 5) is 16.5. The summed E-state index contributed by atoms with van der Waals surface area (Å²) in [6, 6.07) is 6.48. The minimum absolute atomic E-state index is 0.0267. The van der Waals surface area contributed by atoms with Crippen LogP contribution in [0.1, 0.15) is 0 Å². The molecule has 0 spiro atoms. The van der Waals surface area contributed by atoms with Crippen molar-refractivity contribution in [1.29, 1.82) is 0 Å². The number of amides is 1. The molecule has 6 nitrogen and oxygen atoms in total. The first-order valence-corrected chi connectivity index (χ1v) is 8.48. The van der Waals surface area contributed by atoms with Gasteiger partial charge in [-0.05, 0) is 29.7 Å². The maximum absolute atomic E-state index is 13.4. The van der Waals surface area contributed by atoms with Gasteiger partial charge in [-0.3, -0.25) is 9.69 Å². The fourth-order valence-corrected chi connectivity index (χ4v) is 3.26. The third-order valence-corrected chi connectivity index (χ3v) is 4.59. The first kappa shape index (κ1) is 17.8. The molecule has 1 atom stereocenters. The van der Waals surface area contributed by atoms with Crippen molar-refractivity contribution in [3.05, 3.63) is 36.3 Å². The zero-order valence-corrected chi connectivity index (χ0v) is 14.4. The van der Waals surface area contributed by atoms with Crippen molar-refractivity contribution in [2.45, 2.75) is 12.6 Å². The van der Waals surface area contributed by atoms with Crippen molar-refractivity contribution < 1.29 is 19.0 Å². The Labute approximate surface area is 146 Å². The van der Waals surface area contributed by atoms with Gasteiger partial charge >= 0.3 is 0 Å². The maximum atomic E-state index is 13.4. The number of hydrogen-bond donors (Lipinski definition) is 1. The predicted molar refractivity (Wildman–Crippen MR) is 92.8 cm³/mol. The molecule has 1 aromatic carbocycles. The monoisotopic (exact) mass is 349 g/mol. The average Bonchev–Trinajstić information content (AvgIpc) is 2.98. The van der Waals surface area contributed by atoms with Crippen molar-refractivity contribution in [1.82, 2.24) is 14.4 Å². The van der Waals surface area contributed by atoms with Gasteiger partial charge in [0.2, 0.25) is 5.91 Å². The summed E-state index contributed by atoms with van der Waals surface area (Å²) in [6.45, 7) is 3.80. The van der Waals surface area contributed by atoms with Crippen molar-refractivity contribution >= 4 is 16.8 Å². The van der Waals surface area contributed by atoms with Crippen LogP contribution in [-0.2, 0) is 16.1 Å². The molecule has 0 aliphatic carbocycles. The van der Waals surface area contributed by atoms with Crippen LogP contribution in [0, 0.1) is 5.82 Å². The minimum atomic E-state index is -0.506. The summed E-state index contributed by atoms with van der Waals surface area (Å²) in [5.74, 6) is -0.276. The van der Waals surface area contributed by atoms with Crippen LogP contribution < -0.4 is 0 Å². The van der Waals surface area contributed by atoms with E-state index in [-0.39, 0.29) is 18.3 Å². The fourth-order valence-electron chi connectivity index (χ4n) is 3.26. The summed E-state index contributed by atoms with van der Waals surface area (Å²) in [5.41, 5.74) is 0.731. The van der Waals surface area contributed by atoms with Crippen molar-refractivity contribution in [3.8, 4) is 0 Å². The second kappa shape index (κ2) is 7.95. The van der Waals surface area contributed by atoms with E-state index in [1.54, 1.807) is 17.7 Å². The van der Waals surface area contributed by atoms with Crippen molar-refractivity contribution in [2.24, 2.45) is 0 Å². The number of ether oxygens (including phenoxy) is 1. The maximum Gasteiger partial charge on any atom is 0.242 e. The van der Waals surface area contributed by atoms with Crippen LogP contribution in [0.25, 0.3) is 10.9 Å². The molecule has 1 aliphatic heterocycles. The zero-order chi connectivity index (χ0) is 17.8. The van der Waals surface area contributed by atoms with E-state index in [9.17, 15) is 14.3 Å². The van der Waals surface area contributed by atoms with Crippen LogP contribution >= 0.6 is 0 Å². The number of benzene rings is 1. The van der Waals surface area contributed by atoms with Gasteiger partial charge in [-0.25, -0.2) is 4.39 Å². The van der Waals surface area contributed by atoms with E-state index in [0.717, 1.165) is 24.0 Å². The Kier molecular flexibility index (Phi) is 5.67. The van der Waals surface area contributed by atoms with Gasteiger partial charge in [-0.15, -0.1) is 0 Å². The Hall–Kier alpha value is -1.96. The third-order valence-electron chi connectivity index (χ3n) is 4.59. The van der Waals surface area contributed by atoms with E-state index in [2.05, 4.69) is 4.90 Å². The molecular formula is C18H24FN3O3. The van der Waals surface area contributed by atoms with E-state index in [1.165, 1.54) is 12.1 Å². The lowest BCUT2D eigenvalue weighted by molar-refractivity contribution is -0.133. The smallest absolute Gasteiger partial charge is 0.242 e. The van der Waals surface area contributed by atoms with Crippen molar-refractivity contribution in [2.75, 3.05) is 46.4 Å². The van der Waals surface area contributed by atoms with Gasteiger partial charge in [-0.2, -0.15) is 0 Å². The Morgan fingerprint density at radius 1 is 1.28 bits per heavy atom. The molecule has 1 N–H and O–H groups in total. The van der Waals surface area contributed by atoms with Gasteiger partial charge in [0, 0.05) is 46.0 Å². The number of carbonyl (C=O) groups excluding carboxylic acids is 1. The van der Waals surface area contributed by atoms with Crippen LogP contribution in [0.3, 0.4) is 0 Å². The Morgan fingerprint density at radius 3 is 2.76 bits per heavy atom. The standard InChI is InChI=1S/C18H24FN3O3/c1-25-13-16(23)11-20-6-8-21(9-7-20)18(24)12-22-5-4-14-2-3-15(19)10-17(14)22/h2-5,10,16,23H,6-9,11-13H2,1H3. The molecule has 1 fully saturated rings. The SMILES string of the molecule is COCC(O)CN1CCN(C(=O)Cn2ccc3ccc(F)cc32)CC1. The second-order valence-electron chi connectivity index (χ2n) is 6.44. The van der Waals surface area contributed by atoms with E-state index < -0.39 is 6.10 Å². The molecule has 136 valence electrons. The predicted octanol–water partition coefficient (Wildman–Crippen LogP) is 0.932. The van der Waals surface area contributed by atoms with E-state index in [0.29, 0.717) is 26.2 Å². The molecule has 0 bridgehead atoms. The molecule has 25 heavy (non-hydrogen) atoms. The minimum Gasteiger partial charge on any atom is -0.389 e. The normalized spacial score (nSPS) is 17.2. The summed E-state index contributed by atoms with van der Waals surface area (Å²) < 4.78 is 20.2. The number of aliphatic hydroxyl groups is 1. The highest BCUT2D eigenvalue weighted by Crippen LogP contribution is 2.17. The van der Waals surface area contributed by atoms with Crippen LogP contribution in [0.2, 0.25) is 0 Å². The lowest BCUT2D eigenvalue weighted by Gasteiger charge is -2.35. The number of nitrogens with zero attached hydrogens (tertiary/aromatic N) is 3. The van der Waals surface area contributed by atoms with Crippen molar-refractivity contribution in [3.63, 3.8) is 0 Å². The van der Waals surface area contributed by atoms with Crippen LogP contribution in [0.5, 0.6) is 0 Å². The number of piperazine rings is 1. The van der Waals surface area contributed by atoms with Gasteiger partial charge in [0.1, 0.15) is 12.4 Å². The van der Waals surface area contributed by atoms with Gasteiger partial charge in [0.25, 0.3) is 0 Å². The highest BCUT2D eigenvalue weighted by Gasteiger charge is 2.22. The molecule has 2 aromatic rings. The summed E-state index contributed by atoms with van der Waals surface area (Å²) in [7, 11) is 1.57. The molecule has 2 heterocycles. The number of fused-ring (bicyclic) bond motifs is 1. The van der Waals surface area contributed by atoms with Crippen LogP contribution in [-0.4, -0.2) is 77.9 Å². The van der Waals surface area contributed by atoms with Gasteiger partial charge in [0.15, 0.2) is 0 Å². The summed E-state index contributed by atoms with van der Waals surface area (Å²) in [6.07, 6.45) is 1.31. The Morgan fingerprint density at radius 2 is 2.04 bits per heavy atom. The van der Waals surface area contributed by atoms with Gasteiger partial charge in [-0.1, -0.05) is 0 Å². The number of hydrogen-bond acceptors (Lipinski definition) is 4. The van der Waals surface area contributed by atoms with E-state index in [1.807, 2.05) is 17.2 Å². The molecule has 1 saturated heterocycles. The molecule has 7 heteroatoms. The molecule has 0 radical (unpaired) electrons. The number of aliphatic hydroxyl groups excluding tert-OH is 1. The van der Waals surface area contributed by atoms with Gasteiger partial charge < -0.3 is 19.3 Å². The molecule has 0 saturated carbocycles. The number of rotatable bonds is 6. The molecular weight excluding hydrogens is 325 g/mol. The number of carbonyl (C=O) groups is 1. The first-order valence-electron chi connectivity index (χ1n) is 8.48. The number of aromatic nitrogens is 1. The highest BCUT2D eigenvalue weighted by molar-refractivity contribution is 5.83. The fraction of sp³-hybridized carbons (Fsp3) is 0.500. The quantitative estimate of drug-likeness (QED) is 0.843. The molecule has 3 rings (SSSR count). The Bertz CT molecular complexity index is 725. The van der Waals surface area contributed by atoms with Crippen LogP contribution in [0.4, 0.5) is 4.39 Å². The molecule has 1 amide bonds. The first-order chi connectivity index (χ1) is 12.1. The lowest BCUT2D eigenvalue weighted by Crippen LogP contribution is -2.51. The zero-order valence-electron chi connectivity index (χ0n) is 14.4. The van der Waals surface area contributed by atoms with Crippen LogP contribution in [0.15, 0.2) is 30.5 Å². The average molecular weight is 349 g/mol. The van der Waals surface area contributed by atoms with E-state index in [4.69, 9.17) is 4.74 Å². The topological polar surface area (TPSA) is 57.9 Å². The number of methoxy groups -OCH3 is 1. The third kappa shape index (κ3) is 4.36. The highest BCUT2D eigenvalue weighted by atomic mass is 19.1. The molecule has 1 unspecified atom stereocenters. The Balaban J connectivity index is 1.55. The lowest BCUT2D eigenvalue weighted by atomic mass is 10.2.